The number of carbonyl (C=O) groups excluding carboxylic acids is 2. The number of rotatable bonds is 7. The summed E-state index contributed by atoms with van der Waals surface area (Å²) in [6, 6.07) is 0. The first-order chi connectivity index (χ1) is 11.0. The minimum Gasteiger partial charge on any atom is -0.441 e. The van der Waals surface area contributed by atoms with Crippen molar-refractivity contribution in [2.75, 3.05) is 39.4 Å². The molecule has 2 fully saturated rings. The molecule has 2 heterocycles. The molecule has 0 saturated carbocycles. The van der Waals surface area contributed by atoms with E-state index in [2.05, 4.69) is 13.8 Å². The van der Waals surface area contributed by atoms with Gasteiger partial charge in [0.2, 0.25) is 5.91 Å². The number of ether oxygens (including phenoxy) is 2. The third kappa shape index (κ3) is 4.83. The Labute approximate surface area is 139 Å². The number of hydrogen-bond donors (Lipinski definition) is 0. The van der Waals surface area contributed by atoms with E-state index in [0.29, 0.717) is 45.2 Å². The van der Waals surface area contributed by atoms with Crippen molar-refractivity contribution in [1.82, 2.24) is 9.80 Å². The molecule has 0 unspecified atom stereocenters. The minimum atomic E-state index is -0.384. The van der Waals surface area contributed by atoms with Crippen LogP contribution in [0, 0.1) is 5.92 Å². The van der Waals surface area contributed by atoms with Crippen LogP contribution in [0.1, 0.15) is 46.5 Å². The van der Waals surface area contributed by atoms with Gasteiger partial charge < -0.3 is 19.3 Å². The second kappa shape index (κ2) is 7.99. The maximum atomic E-state index is 12.1. The maximum Gasteiger partial charge on any atom is 0.410 e. The van der Waals surface area contributed by atoms with Gasteiger partial charge in [-0.05, 0) is 19.3 Å². The van der Waals surface area contributed by atoms with Crippen molar-refractivity contribution in [3.63, 3.8) is 0 Å². The molecule has 0 atom stereocenters. The smallest absolute Gasteiger partial charge is 0.410 e. The van der Waals surface area contributed by atoms with Crippen LogP contribution < -0.4 is 0 Å². The van der Waals surface area contributed by atoms with Crippen LogP contribution in [0.25, 0.3) is 0 Å². The van der Waals surface area contributed by atoms with E-state index in [0.717, 1.165) is 25.8 Å². The summed E-state index contributed by atoms with van der Waals surface area (Å²) in [6.45, 7) is 10.1. The monoisotopic (exact) mass is 326 g/mol. The van der Waals surface area contributed by atoms with Gasteiger partial charge in [0, 0.05) is 39.1 Å². The molecule has 6 heteroatoms. The van der Waals surface area contributed by atoms with Crippen LogP contribution >= 0.6 is 0 Å². The zero-order valence-electron chi connectivity index (χ0n) is 14.7. The van der Waals surface area contributed by atoms with Crippen molar-refractivity contribution in [2.45, 2.75) is 52.1 Å². The lowest BCUT2D eigenvalue weighted by Crippen LogP contribution is -2.49. The first kappa shape index (κ1) is 18.0. The molecule has 2 rings (SSSR count). The third-order valence-corrected chi connectivity index (χ3v) is 4.71. The zero-order chi connectivity index (χ0) is 16.9. The Morgan fingerprint density at radius 3 is 2.65 bits per heavy atom. The van der Waals surface area contributed by atoms with E-state index >= 15 is 0 Å². The van der Waals surface area contributed by atoms with Gasteiger partial charge in [-0.25, -0.2) is 4.79 Å². The summed E-state index contributed by atoms with van der Waals surface area (Å²) in [5, 5.41) is 0. The fraction of sp³-hybridized carbons (Fsp3) is 0.882. The van der Waals surface area contributed by atoms with Crippen molar-refractivity contribution in [3.8, 4) is 0 Å². The van der Waals surface area contributed by atoms with Gasteiger partial charge in [-0.3, -0.25) is 4.79 Å². The van der Waals surface area contributed by atoms with Gasteiger partial charge in [-0.1, -0.05) is 13.8 Å². The molecule has 2 aliphatic heterocycles. The van der Waals surface area contributed by atoms with E-state index in [4.69, 9.17) is 9.47 Å². The molecular weight excluding hydrogens is 296 g/mol. The topological polar surface area (TPSA) is 59.1 Å². The fourth-order valence-electron chi connectivity index (χ4n) is 3.16. The fourth-order valence-corrected chi connectivity index (χ4v) is 3.16. The van der Waals surface area contributed by atoms with Crippen LogP contribution in [0.15, 0.2) is 0 Å². The average Bonchev–Trinajstić information content (AvgIpc) is 2.81. The van der Waals surface area contributed by atoms with Gasteiger partial charge >= 0.3 is 6.09 Å². The Kier molecular flexibility index (Phi) is 6.27. The average molecular weight is 326 g/mol. The number of likely N-dealkylation sites (tertiary alicyclic amines) is 1. The van der Waals surface area contributed by atoms with E-state index in [9.17, 15) is 9.59 Å². The largest absolute Gasteiger partial charge is 0.441 e. The number of nitrogens with zero attached hydrogens (tertiary/aromatic N) is 2. The quantitative estimate of drug-likeness (QED) is 0.674. The molecule has 0 aliphatic carbocycles. The molecule has 2 saturated heterocycles. The van der Waals surface area contributed by atoms with Crippen molar-refractivity contribution in [2.24, 2.45) is 5.92 Å². The molecule has 1 spiro atoms. The van der Waals surface area contributed by atoms with Gasteiger partial charge in [0.05, 0.1) is 19.6 Å². The Balaban J connectivity index is 1.79. The van der Waals surface area contributed by atoms with Crippen LogP contribution in [0.5, 0.6) is 0 Å². The molecule has 0 aromatic heterocycles. The number of piperidine rings is 1. The summed E-state index contributed by atoms with van der Waals surface area (Å²) >= 11 is 0. The Morgan fingerprint density at radius 2 is 2.04 bits per heavy atom. The highest BCUT2D eigenvalue weighted by atomic mass is 16.6. The van der Waals surface area contributed by atoms with Crippen LogP contribution in [0.3, 0.4) is 0 Å². The highest BCUT2D eigenvalue weighted by Crippen LogP contribution is 2.33. The van der Waals surface area contributed by atoms with E-state index in [1.165, 1.54) is 0 Å². The van der Waals surface area contributed by atoms with Crippen LogP contribution in [0.2, 0.25) is 0 Å². The predicted octanol–water partition coefficient (Wildman–Crippen LogP) is 2.27. The van der Waals surface area contributed by atoms with E-state index in [-0.39, 0.29) is 17.6 Å². The number of carbonyl (C=O) groups is 2. The zero-order valence-corrected chi connectivity index (χ0v) is 14.7. The van der Waals surface area contributed by atoms with Gasteiger partial charge in [0.1, 0.15) is 5.60 Å². The summed E-state index contributed by atoms with van der Waals surface area (Å²) < 4.78 is 10.9. The van der Waals surface area contributed by atoms with Crippen LogP contribution in [0.4, 0.5) is 4.79 Å². The predicted molar refractivity (Wildman–Crippen MR) is 87.2 cm³/mol. The second-order valence-electron chi connectivity index (χ2n) is 6.98. The molecule has 0 N–H and O–H groups in total. The molecule has 0 radical (unpaired) electrons. The van der Waals surface area contributed by atoms with Crippen molar-refractivity contribution < 1.29 is 19.1 Å². The van der Waals surface area contributed by atoms with Crippen LogP contribution in [-0.4, -0.2) is 66.8 Å². The first-order valence-corrected chi connectivity index (χ1v) is 8.79. The third-order valence-electron chi connectivity index (χ3n) is 4.71. The molecule has 2 aliphatic rings. The summed E-state index contributed by atoms with van der Waals surface area (Å²) in [7, 11) is 0. The SMILES string of the molecule is CCOCCC(=O)N1CCC2(CC1)CN(CCC(C)C)C(=O)O2. The van der Waals surface area contributed by atoms with Gasteiger partial charge in [-0.15, -0.1) is 0 Å². The van der Waals surface area contributed by atoms with Crippen LogP contribution in [-0.2, 0) is 14.3 Å². The maximum absolute atomic E-state index is 12.1. The Hall–Kier alpha value is -1.30. The normalized spacial score (nSPS) is 20.4. The molecule has 0 bridgehead atoms. The number of hydrogen-bond acceptors (Lipinski definition) is 4. The standard InChI is InChI=1S/C17H30N2O4/c1-4-22-12-6-15(20)18-10-7-17(8-11-18)13-19(16(21)23-17)9-5-14(2)3/h14H,4-13H2,1-3H3. The highest BCUT2D eigenvalue weighted by Gasteiger charge is 2.47. The van der Waals surface area contributed by atoms with Gasteiger partial charge in [-0.2, -0.15) is 0 Å². The van der Waals surface area contributed by atoms with Gasteiger partial charge in [0.15, 0.2) is 0 Å². The van der Waals surface area contributed by atoms with Crippen molar-refractivity contribution in [1.29, 1.82) is 0 Å². The summed E-state index contributed by atoms with van der Waals surface area (Å²) in [4.78, 5) is 27.9. The Morgan fingerprint density at radius 1 is 1.35 bits per heavy atom. The summed E-state index contributed by atoms with van der Waals surface area (Å²) in [5.74, 6) is 0.707. The first-order valence-electron chi connectivity index (χ1n) is 8.79. The molecule has 6 nitrogen and oxygen atoms in total. The van der Waals surface area contributed by atoms with E-state index in [1.54, 1.807) is 0 Å². The molecular formula is C17H30N2O4. The Bertz CT molecular complexity index is 417. The van der Waals surface area contributed by atoms with Crippen molar-refractivity contribution in [3.05, 3.63) is 0 Å². The molecule has 23 heavy (non-hydrogen) atoms. The molecule has 0 aromatic carbocycles. The van der Waals surface area contributed by atoms with Gasteiger partial charge in [0.25, 0.3) is 0 Å². The minimum absolute atomic E-state index is 0.134. The molecule has 0 aromatic rings. The molecule has 2 amide bonds. The van der Waals surface area contributed by atoms with E-state index < -0.39 is 0 Å². The summed E-state index contributed by atoms with van der Waals surface area (Å²) in [5.41, 5.74) is -0.384. The lowest BCUT2D eigenvalue weighted by Gasteiger charge is -2.37. The number of amides is 2. The second-order valence-corrected chi connectivity index (χ2v) is 6.98. The highest BCUT2D eigenvalue weighted by molar-refractivity contribution is 5.76. The molecule has 132 valence electrons. The lowest BCUT2D eigenvalue weighted by atomic mass is 9.91. The lowest BCUT2D eigenvalue weighted by molar-refractivity contribution is -0.135. The van der Waals surface area contributed by atoms with E-state index in [1.807, 2.05) is 16.7 Å². The summed E-state index contributed by atoms with van der Waals surface area (Å²) in [6.07, 6.45) is 2.70. The van der Waals surface area contributed by atoms with Crippen molar-refractivity contribution >= 4 is 12.0 Å².